The number of para-hydroxylation sites is 1. The Hall–Kier alpha value is -2.68. The third kappa shape index (κ3) is 3.24. The van der Waals surface area contributed by atoms with Gasteiger partial charge in [0, 0.05) is 5.56 Å². The van der Waals surface area contributed by atoms with Crippen molar-refractivity contribution < 1.29 is 22.2 Å². The predicted molar refractivity (Wildman–Crippen MR) is 83.2 cm³/mol. The highest BCUT2D eigenvalue weighted by molar-refractivity contribution is 7.83. The maximum Gasteiger partial charge on any atom is 0.364 e. The molecule has 2 N–H and O–H groups in total. The molecule has 0 radical (unpaired) electrons. The predicted octanol–water partition coefficient (Wildman–Crippen LogP) is 2.15. The Morgan fingerprint density at radius 2 is 1.65 bits per heavy atom. The van der Waals surface area contributed by atoms with Crippen LogP contribution in [0.5, 0.6) is 5.75 Å². The zero-order chi connectivity index (χ0) is 16.4. The van der Waals surface area contributed by atoms with Gasteiger partial charge in [-0.05, 0) is 17.0 Å². The Kier molecular flexibility index (Phi) is 3.87. The van der Waals surface area contributed by atoms with Crippen LogP contribution in [0.4, 0.5) is 0 Å². The van der Waals surface area contributed by atoms with E-state index in [1.54, 1.807) is 48.5 Å². The van der Waals surface area contributed by atoms with Crippen molar-refractivity contribution >= 4 is 21.3 Å². The van der Waals surface area contributed by atoms with Crippen LogP contribution in [-0.2, 0) is 10.3 Å². The van der Waals surface area contributed by atoms with Crippen molar-refractivity contribution in [3.8, 4) is 17.1 Å². The van der Waals surface area contributed by atoms with Crippen molar-refractivity contribution in [1.82, 2.24) is 4.89 Å². The molecule has 0 atom stereocenters. The van der Waals surface area contributed by atoms with Crippen LogP contribution in [0.3, 0.4) is 0 Å². The van der Waals surface area contributed by atoms with Crippen LogP contribution in [0.15, 0.2) is 63.8 Å². The second-order valence-corrected chi connectivity index (χ2v) is 5.73. The van der Waals surface area contributed by atoms with Gasteiger partial charge in [0.2, 0.25) is 11.2 Å². The summed E-state index contributed by atoms with van der Waals surface area (Å²) in [5, 5.41) is 0.222. The van der Waals surface area contributed by atoms with Crippen molar-refractivity contribution in [3.63, 3.8) is 0 Å². The Labute approximate surface area is 131 Å². The summed E-state index contributed by atoms with van der Waals surface area (Å²) in [5.74, 6) is -0.321. The lowest BCUT2D eigenvalue weighted by molar-refractivity contribution is 0.246. The van der Waals surface area contributed by atoms with Gasteiger partial charge in [-0.2, -0.15) is 8.42 Å². The Morgan fingerprint density at radius 1 is 1.00 bits per heavy atom. The van der Waals surface area contributed by atoms with E-state index in [-0.39, 0.29) is 16.9 Å². The molecule has 3 rings (SSSR count). The molecule has 2 aromatic carbocycles. The molecule has 0 saturated carbocycles. The molecule has 0 aliphatic heterocycles. The minimum Gasteiger partial charge on any atom is -0.452 e. The third-order valence-electron chi connectivity index (χ3n) is 3.04. The normalized spacial score (nSPS) is 11.5. The van der Waals surface area contributed by atoms with Crippen LogP contribution in [-0.4, -0.2) is 13.0 Å². The minimum atomic E-state index is -4.64. The van der Waals surface area contributed by atoms with Gasteiger partial charge in [0.05, 0.1) is 5.39 Å². The number of benzene rings is 2. The lowest BCUT2D eigenvalue weighted by Crippen LogP contribution is -2.28. The highest BCUT2D eigenvalue weighted by atomic mass is 32.2. The van der Waals surface area contributed by atoms with Gasteiger partial charge < -0.3 is 9.25 Å². The molecule has 7 nitrogen and oxygen atoms in total. The molecule has 3 aromatic rings. The Morgan fingerprint density at radius 3 is 2.35 bits per heavy atom. The Bertz CT molecular complexity index is 1010. The lowest BCUT2D eigenvalue weighted by atomic mass is 10.1. The summed E-state index contributed by atoms with van der Waals surface area (Å²) in [5.41, 5.74) is 0.278. The van der Waals surface area contributed by atoms with Crippen molar-refractivity contribution in [1.29, 1.82) is 0 Å². The van der Waals surface area contributed by atoms with Gasteiger partial charge in [0.1, 0.15) is 5.58 Å². The molecule has 0 fully saturated rings. The molecule has 0 bridgehead atoms. The summed E-state index contributed by atoms with van der Waals surface area (Å²) in [6.07, 6.45) is 0. The van der Waals surface area contributed by atoms with Gasteiger partial charge in [0.15, 0.2) is 5.76 Å². The number of hydrogen-bond donors (Lipinski definition) is 2. The number of hydrogen-bond acceptors (Lipinski definition) is 5. The number of rotatable bonds is 4. The second-order valence-electron chi connectivity index (χ2n) is 4.61. The van der Waals surface area contributed by atoms with Crippen LogP contribution in [0, 0.1) is 0 Å². The van der Waals surface area contributed by atoms with E-state index < -0.39 is 15.7 Å². The fourth-order valence-electron chi connectivity index (χ4n) is 2.09. The van der Waals surface area contributed by atoms with Gasteiger partial charge in [0.25, 0.3) is 0 Å². The first-order valence-electron chi connectivity index (χ1n) is 6.48. The molecule has 0 saturated heterocycles. The molecule has 0 aliphatic rings. The monoisotopic (exact) mass is 333 g/mol. The van der Waals surface area contributed by atoms with Gasteiger partial charge in [-0.15, -0.1) is 0 Å². The molecular formula is C15H11NO6S. The summed E-state index contributed by atoms with van der Waals surface area (Å²) in [6, 6.07) is 15.1. The van der Waals surface area contributed by atoms with Crippen LogP contribution in [0.2, 0.25) is 0 Å². The van der Waals surface area contributed by atoms with Crippen LogP contribution >= 0.6 is 0 Å². The zero-order valence-corrected chi connectivity index (χ0v) is 12.4. The minimum absolute atomic E-state index is 0.0467. The molecule has 0 unspecified atom stereocenters. The average Bonchev–Trinajstić information content (AvgIpc) is 2.54. The van der Waals surface area contributed by atoms with Gasteiger partial charge in [-0.25, -0.2) is 0 Å². The Balaban J connectivity index is 2.25. The fraction of sp³-hybridized carbons (Fsp3) is 0. The first-order valence-corrected chi connectivity index (χ1v) is 7.92. The van der Waals surface area contributed by atoms with E-state index in [1.165, 1.54) is 11.0 Å². The highest BCUT2D eigenvalue weighted by Crippen LogP contribution is 2.30. The highest BCUT2D eigenvalue weighted by Gasteiger charge is 2.19. The SMILES string of the molecule is O=c1c(ONS(=O)(=O)O)c(-c2ccccc2)oc2ccccc12. The zero-order valence-electron chi connectivity index (χ0n) is 11.6. The van der Waals surface area contributed by atoms with Crippen LogP contribution < -0.4 is 15.2 Å². The van der Waals surface area contributed by atoms with E-state index in [2.05, 4.69) is 0 Å². The lowest BCUT2D eigenvalue weighted by Gasteiger charge is -2.10. The first kappa shape index (κ1) is 15.2. The summed E-state index contributed by atoms with van der Waals surface area (Å²) >= 11 is 0. The molecule has 1 aromatic heterocycles. The molecule has 8 heteroatoms. The second kappa shape index (κ2) is 5.84. The van der Waals surface area contributed by atoms with Crippen LogP contribution in [0.1, 0.15) is 0 Å². The molecule has 0 spiro atoms. The molecule has 0 aliphatic carbocycles. The summed E-state index contributed by atoms with van der Waals surface area (Å²) in [6.45, 7) is 0. The molecule has 23 heavy (non-hydrogen) atoms. The number of fused-ring (bicyclic) bond motifs is 1. The third-order valence-corrected chi connectivity index (χ3v) is 3.34. The topological polar surface area (TPSA) is 106 Å². The van der Waals surface area contributed by atoms with Gasteiger partial charge >= 0.3 is 10.3 Å². The van der Waals surface area contributed by atoms with E-state index in [0.717, 1.165) is 0 Å². The first-order chi connectivity index (χ1) is 11.0. The average molecular weight is 333 g/mol. The van der Waals surface area contributed by atoms with Crippen molar-refractivity contribution in [3.05, 3.63) is 64.8 Å². The van der Waals surface area contributed by atoms with Crippen molar-refractivity contribution in [2.45, 2.75) is 0 Å². The molecular weight excluding hydrogens is 322 g/mol. The van der Waals surface area contributed by atoms with E-state index in [9.17, 15) is 13.2 Å². The molecule has 118 valence electrons. The van der Waals surface area contributed by atoms with E-state index >= 15 is 0 Å². The summed E-state index contributed by atoms with van der Waals surface area (Å²) < 4.78 is 36.1. The summed E-state index contributed by atoms with van der Waals surface area (Å²) in [4.78, 5) is 18.8. The maximum absolute atomic E-state index is 12.5. The van der Waals surface area contributed by atoms with Crippen molar-refractivity contribution in [2.24, 2.45) is 0 Å². The quantitative estimate of drug-likeness (QED) is 0.560. The maximum atomic E-state index is 12.5. The van der Waals surface area contributed by atoms with E-state index in [0.29, 0.717) is 11.1 Å². The smallest absolute Gasteiger partial charge is 0.364 e. The van der Waals surface area contributed by atoms with E-state index in [1.807, 2.05) is 0 Å². The molecule has 1 heterocycles. The van der Waals surface area contributed by atoms with Gasteiger partial charge in [-0.1, -0.05) is 42.5 Å². The van der Waals surface area contributed by atoms with E-state index in [4.69, 9.17) is 13.8 Å². The standard InChI is InChI=1S/C15H11NO6S/c17-13-11-8-4-5-9-12(11)21-14(10-6-2-1-3-7-10)15(13)22-16-23(18,19)20/h1-9,16H,(H,18,19,20). The van der Waals surface area contributed by atoms with Crippen LogP contribution in [0.25, 0.3) is 22.3 Å². The molecule has 0 amide bonds. The largest absolute Gasteiger partial charge is 0.452 e. The number of nitrogens with one attached hydrogen (secondary N) is 1. The van der Waals surface area contributed by atoms with Crippen molar-refractivity contribution in [2.75, 3.05) is 0 Å². The van der Waals surface area contributed by atoms with Gasteiger partial charge in [-0.3, -0.25) is 9.35 Å². The fourth-order valence-corrected chi connectivity index (χ4v) is 2.28. The summed E-state index contributed by atoms with van der Waals surface area (Å²) in [7, 11) is -4.64.